The molecule has 0 saturated heterocycles. The van der Waals surface area contributed by atoms with Gasteiger partial charge in [0.05, 0.1) is 22.3 Å². The molecule has 0 fully saturated rings. The Hall–Kier alpha value is -3.80. The number of aromatic nitrogens is 2. The molecule has 144 valence electrons. The SMILES string of the molecule is Cc1ccc(F)c(NC(=O)c2ccc(-n3c(C)nc4ccccc4c3=O)cc2)c1. The summed E-state index contributed by atoms with van der Waals surface area (Å²) in [6, 6.07) is 18.2. The molecule has 0 atom stereocenters. The largest absolute Gasteiger partial charge is 0.319 e. The number of benzene rings is 3. The van der Waals surface area contributed by atoms with E-state index in [-0.39, 0.29) is 11.2 Å². The number of nitrogens with zero attached hydrogens (tertiary/aromatic N) is 2. The number of carbonyl (C=O) groups excluding carboxylic acids is 1. The summed E-state index contributed by atoms with van der Waals surface area (Å²) in [6.45, 7) is 3.58. The van der Waals surface area contributed by atoms with Crippen LogP contribution in [0, 0.1) is 19.7 Å². The molecule has 4 aromatic rings. The molecule has 0 spiro atoms. The Kier molecular flexibility index (Phi) is 4.68. The van der Waals surface area contributed by atoms with Gasteiger partial charge in [0, 0.05) is 5.56 Å². The average molecular weight is 387 g/mol. The summed E-state index contributed by atoms with van der Waals surface area (Å²) in [5, 5.41) is 3.10. The minimum Gasteiger partial charge on any atom is -0.319 e. The molecule has 5 nitrogen and oxygen atoms in total. The lowest BCUT2D eigenvalue weighted by atomic mass is 10.1. The molecule has 1 amide bonds. The van der Waals surface area contributed by atoms with E-state index in [4.69, 9.17) is 0 Å². The number of hydrogen-bond donors (Lipinski definition) is 1. The molecule has 0 aliphatic heterocycles. The maximum Gasteiger partial charge on any atom is 0.265 e. The molecule has 4 rings (SSSR count). The van der Waals surface area contributed by atoms with E-state index in [1.54, 1.807) is 61.5 Å². The second-order valence-electron chi connectivity index (χ2n) is 6.80. The number of anilines is 1. The molecule has 29 heavy (non-hydrogen) atoms. The standard InChI is InChI=1S/C23H18FN3O2/c1-14-7-12-19(24)21(13-14)26-22(28)16-8-10-17(11-9-16)27-15(2)25-20-6-4-3-5-18(20)23(27)29/h3-13H,1-2H3,(H,26,28). The van der Waals surface area contributed by atoms with E-state index in [1.807, 2.05) is 13.0 Å². The lowest BCUT2D eigenvalue weighted by Crippen LogP contribution is -2.22. The highest BCUT2D eigenvalue weighted by atomic mass is 19.1. The molecular formula is C23H18FN3O2. The Morgan fingerprint density at radius 2 is 1.72 bits per heavy atom. The zero-order valence-corrected chi connectivity index (χ0v) is 15.9. The van der Waals surface area contributed by atoms with Gasteiger partial charge in [-0.1, -0.05) is 18.2 Å². The van der Waals surface area contributed by atoms with E-state index < -0.39 is 11.7 Å². The van der Waals surface area contributed by atoms with Gasteiger partial charge in [-0.15, -0.1) is 0 Å². The quantitative estimate of drug-likeness (QED) is 0.567. The van der Waals surface area contributed by atoms with Gasteiger partial charge in [0.25, 0.3) is 11.5 Å². The summed E-state index contributed by atoms with van der Waals surface area (Å²) in [7, 11) is 0. The number of para-hydroxylation sites is 1. The number of fused-ring (bicyclic) bond motifs is 1. The number of rotatable bonds is 3. The van der Waals surface area contributed by atoms with Crippen LogP contribution in [0.4, 0.5) is 10.1 Å². The Balaban J connectivity index is 1.66. The monoisotopic (exact) mass is 387 g/mol. The van der Waals surface area contributed by atoms with E-state index in [0.717, 1.165) is 5.56 Å². The van der Waals surface area contributed by atoms with Crippen molar-refractivity contribution in [3.05, 3.63) is 99.9 Å². The van der Waals surface area contributed by atoms with E-state index in [0.29, 0.717) is 28.0 Å². The number of amides is 1. The summed E-state index contributed by atoms with van der Waals surface area (Å²) in [5.74, 6) is -0.375. The number of carbonyl (C=O) groups is 1. The fourth-order valence-electron chi connectivity index (χ4n) is 3.24. The zero-order chi connectivity index (χ0) is 20.5. The third kappa shape index (κ3) is 3.52. The normalized spacial score (nSPS) is 10.9. The fourth-order valence-corrected chi connectivity index (χ4v) is 3.24. The van der Waals surface area contributed by atoms with E-state index in [2.05, 4.69) is 10.3 Å². The van der Waals surface area contributed by atoms with Crippen molar-refractivity contribution < 1.29 is 9.18 Å². The number of hydrogen-bond acceptors (Lipinski definition) is 3. The van der Waals surface area contributed by atoms with Crippen molar-refractivity contribution in [2.75, 3.05) is 5.32 Å². The molecule has 0 unspecified atom stereocenters. The van der Waals surface area contributed by atoms with Crippen LogP contribution in [-0.2, 0) is 0 Å². The van der Waals surface area contributed by atoms with Gasteiger partial charge in [-0.3, -0.25) is 14.2 Å². The van der Waals surface area contributed by atoms with Gasteiger partial charge in [-0.05, 0) is 67.9 Å². The highest BCUT2D eigenvalue weighted by molar-refractivity contribution is 6.04. The predicted molar refractivity (Wildman–Crippen MR) is 111 cm³/mol. The van der Waals surface area contributed by atoms with Crippen molar-refractivity contribution in [2.45, 2.75) is 13.8 Å². The molecule has 6 heteroatoms. The second kappa shape index (κ2) is 7.31. The van der Waals surface area contributed by atoms with Gasteiger partial charge in [0.15, 0.2) is 0 Å². The maximum atomic E-state index is 13.9. The van der Waals surface area contributed by atoms with Gasteiger partial charge >= 0.3 is 0 Å². The first-order valence-corrected chi connectivity index (χ1v) is 9.10. The molecule has 0 aliphatic rings. The highest BCUT2D eigenvalue weighted by Crippen LogP contribution is 2.18. The molecular weight excluding hydrogens is 369 g/mol. The second-order valence-corrected chi connectivity index (χ2v) is 6.80. The van der Waals surface area contributed by atoms with Gasteiger partial charge in [-0.2, -0.15) is 0 Å². The van der Waals surface area contributed by atoms with Crippen molar-refractivity contribution in [1.82, 2.24) is 9.55 Å². The van der Waals surface area contributed by atoms with Gasteiger partial charge in [0.1, 0.15) is 11.6 Å². The van der Waals surface area contributed by atoms with Crippen LogP contribution in [0.2, 0.25) is 0 Å². The van der Waals surface area contributed by atoms with E-state index in [9.17, 15) is 14.0 Å². The summed E-state index contributed by atoms with van der Waals surface area (Å²) in [4.78, 5) is 29.8. The predicted octanol–water partition coefficient (Wildman–Crippen LogP) is 4.39. The summed E-state index contributed by atoms with van der Waals surface area (Å²) >= 11 is 0. The minimum atomic E-state index is -0.495. The first-order valence-electron chi connectivity index (χ1n) is 9.10. The highest BCUT2D eigenvalue weighted by Gasteiger charge is 2.12. The summed E-state index contributed by atoms with van der Waals surface area (Å²) in [5.41, 5.74) is 2.40. The topological polar surface area (TPSA) is 64.0 Å². The summed E-state index contributed by atoms with van der Waals surface area (Å²) in [6.07, 6.45) is 0. The lowest BCUT2D eigenvalue weighted by molar-refractivity contribution is 0.102. The molecule has 0 radical (unpaired) electrons. The van der Waals surface area contributed by atoms with Crippen molar-refractivity contribution in [1.29, 1.82) is 0 Å². The van der Waals surface area contributed by atoms with Gasteiger partial charge < -0.3 is 5.32 Å². The lowest BCUT2D eigenvalue weighted by Gasteiger charge is -2.12. The Morgan fingerprint density at radius 1 is 1.00 bits per heavy atom. The van der Waals surface area contributed by atoms with Gasteiger partial charge in [-0.25, -0.2) is 9.37 Å². The van der Waals surface area contributed by atoms with Crippen LogP contribution >= 0.6 is 0 Å². The Morgan fingerprint density at radius 3 is 2.48 bits per heavy atom. The zero-order valence-electron chi connectivity index (χ0n) is 15.9. The average Bonchev–Trinajstić information content (AvgIpc) is 2.71. The van der Waals surface area contributed by atoms with E-state index in [1.165, 1.54) is 10.6 Å². The Bertz CT molecular complexity index is 1290. The number of halogens is 1. The van der Waals surface area contributed by atoms with Crippen LogP contribution in [0.1, 0.15) is 21.7 Å². The van der Waals surface area contributed by atoms with E-state index >= 15 is 0 Å². The molecule has 0 bridgehead atoms. The van der Waals surface area contributed by atoms with Crippen LogP contribution in [0.5, 0.6) is 0 Å². The van der Waals surface area contributed by atoms with Crippen LogP contribution in [-0.4, -0.2) is 15.5 Å². The Labute approximate surface area is 166 Å². The van der Waals surface area contributed by atoms with Crippen molar-refractivity contribution in [3.8, 4) is 5.69 Å². The molecule has 0 saturated carbocycles. The third-order valence-corrected chi connectivity index (χ3v) is 4.70. The maximum absolute atomic E-state index is 13.9. The van der Waals surface area contributed by atoms with Crippen molar-refractivity contribution in [2.24, 2.45) is 0 Å². The molecule has 0 aliphatic carbocycles. The smallest absolute Gasteiger partial charge is 0.265 e. The van der Waals surface area contributed by atoms with Crippen LogP contribution < -0.4 is 10.9 Å². The number of nitrogens with one attached hydrogen (secondary N) is 1. The molecule has 1 N–H and O–H groups in total. The molecule has 1 aromatic heterocycles. The van der Waals surface area contributed by atoms with Crippen LogP contribution in [0.25, 0.3) is 16.6 Å². The molecule has 1 heterocycles. The third-order valence-electron chi connectivity index (χ3n) is 4.70. The number of aryl methyl sites for hydroxylation is 2. The van der Waals surface area contributed by atoms with Crippen molar-refractivity contribution in [3.63, 3.8) is 0 Å². The fraction of sp³-hybridized carbons (Fsp3) is 0.0870. The molecule has 3 aromatic carbocycles. The minimum absolute atomic E-state index is 0.130. The first-order chi connectivity index (χ1) is 13.9. The van der Waals surface area contributed by atoms with Gasteiger partial charge in [0.2, 0.25) is 0 Å². The van der Waals surface area contributed by atoms with Crippen LogP contribution in [0.3, 0.4) is 0 Å². The van der Waals surface area contributed by atoms with Crippen molar-refractivity contribution >= 4 is 22.5 Å². The summed E-state index contributed by atoms with van der Waals surface area (Å²) < 4.78 is 15.4. The van der Waals surface area contributed by atoms with Crippen LogP contribution in [0.15, 0.2) is 71.5 Å². The first kappa shape index (κ1) is 18.6.